The van der Waals surface area contributed by atoms with Gasteiger partial charge < -0.3 is 5.11 Å². The first-order chi connectivity index (χ1) is 6.25. The Kier molecular flexibility index (Phi) is 2.36. The highest BCUT2D eigenvalue weighted by Gasteiger charge is 2.28. The van der Waals surface area contributed by atoms with Crippen LogP contribution >= 0.6 is 0 Å². The zero-order chi connectivity index (χ0) is 9.26. The summed E-state index contributed by atoms with van der Waals surface area (Å²) < 4.78 is 0. The molecule has 2 rings (SSSR count). The molecule has 0 saturated heterocycles. The molecule has 0 aliphatic heterocycles. The Labute approximate surface area is 79.4 Å². The quantitative estimate of drug-likeness (QED) is 0.733. The van der Waals surface area contributed by atoms with Gasteiger partial charge in [0.15, 0.2) is 0 Å². The normalized spacial score (nSPS) is 26.9. The summed E-state index contributed by atoms with van der Waals surface area (Å²) in [5.74, 6) is 0.516. The van der Waals surface area contributed by atoms with Crippen molar-refractivity contribution in [1.82, 2.24) is 0 Å². The Bertz CT molecular complexity index is 276. The minimum atomic E-state index is -0.0405. The Balaban J connectivity index is 1.98. The van der Waals surface area contributed by atoms with E-state index in [9.17, 15) is 5.11 Å². The average Bonchev–Trinajstić information content (AvgIpc) is 2.15. The predicted octanol–water partition coefficient (Wildman–Crippen LogP) is 2.31. The standard InChI is InChI=1S/C12H16O/c1-9-2-4-10(5-3-9)8-11-6-7-12(11)13/h2-5,11-13H,6-8H2,1H3. The highest BCUT2D eigenvalue weighted by Crippen LogP contribution is 2.30. The predicted molar refractivity (Wildman–Crippen MR) is 53.6 cm³/mol. The Morgan fingerprint density at radius 1 is 1.23 bits per heavy atom. The van der Waals surface area contributed by atoms with Gasteiger partial charge in [0.05, 0.1) is 6.10 Å². The molecule has 1 heteroatoms. The van der Waals surface area contributed by atoms with Gasteiger partial charge in [0.1, 0.15) is 0 Å². The fourth-order valence-electron chi connectivity index (χ4n) is 1.82. The van der Waals surface area contributed by atoms with E-state index in [-0.39, 0.29) is 6.10 Å². The molecule has 1 fully saturated rings. The van der Waals surface area contributed by atoms with E-state index in [1.165, 1.54) is 17.5 Å². The van der Waals surface area contributed by atoms with Crippen molar-refractivity contribution in [3.63, 3.8) is 0 Å². The maximum atomic E-state index is 9.42. The van der Waals surface area contributed by atoms with Gasteiger partial charge in [0.2, 0.25) is 0 Å². The maximum Gasteiger partial charge on any atom is 0.0571 e. The summed E-state index contributed by atoms with van der Waals surface area (Å²) in [5.41, 5.74) is 2.66. The van der Waals surface area contributed by atoms with Crippen LogP contribution in [0.2, 0.25) is 0 Å². The summed E-state index contributed by atoms with van der Waals surface area (Å²) in [6, 6.07) is 8.61. The van der Waals surface area contributed by atoms with E-state index >= 15 is 0 Å². The third-order valence-electron chi connectivity index (χ3n) is 3.00. The molecule has 1 N–H and O–H groups in total. The van der Waals surface area contributed by atoms with Gasteiger partial charge in [0, 0.05) is 0 Å². The van der Waals surface area contributed by atoms with Crippen molar-refractivity contribution in [2.75, 3.05) is 0 Å². The van der Waals surface area contributed by atoms with Crippen molar-refractivity contribution in [1.29, 1.82) is 0 Å². The molecule has 2 unspecified atom stereocenters. The Hall–Kier alpha value is -0.820. The molecular weight excluding hydrogens is 160 g/mol. The van der Waals surface area contributed by atoms with Crippen LogP contribution < -0.4 is 0 Å². The number of hydrogen-bond acceptors (Lipinski definition) is 1. The number of aliphatic hydroxyl groups excluding tert-OH is 1. The minimum absolute atomic E-state index is 0.0405. The lowest BCUT2D eigenvalue weighted by Gasteiger charge is -2.32. The minimum Gasteiger partial charge on any atom is -0.393 e. The first-order valence-corrected chi connectivity index (χ1v) is 4.99. The number of rotatable bonds is 2. The number of aliphatic hydroxyl groups is 1. The van der Waals surface area contributed by atoms with Gasteiger partial charge in [0.25, 0.3) is 0 Å². The highest BCUT2D eigenvalue weighted by molar-refractivity contribution is 5.22. The van der Waals surface area contributed by atoms with E-state index in [2.05, 4.69) is 31.2 Å². The van der Waals surface area contributed by atoms with Crippen LogP contribution in [-0.4, -0.2) is 11.2 Å². The van der Waals surface area contributed by atoms with Crippen molar-refractivity contribution >= 4 is 0 Å². The van der Waals surface area contributed by atoms with E-state index in [4.69, 9.17) is 0 Å². The highest BCUT2D eigenvalue weighted by atomic mass is 16.3. The molecule has 13 heavy (non-hydrogen) atoms. The molecule has 0 heterocycles. The maximum absolute atomic E-state index is 9.42. The second-order valence-electron chi connectivity index (χ2n) is 4.09. The monoisotopic (exact) mass is 176 g/mol. The van der Waals surface area contributed by atoms with Gasteiger partial charge >= 0.3 is 0 Å². The zero-order valence-electron chi connectivity index (χ0n) is 8.03. The molecule has 70 valence electrons. The molecule has 1 aromatic carbocycles. The molecule has 0 amide bonds. The van der Waals surface area contributed by atoms with E-state index in [0.717, 1.165) is 12.8 Å². The smallest absolute Gasteiger partial charge is 0.0571 e. The molecule has 1 aliphatic carbocycles. The number of benzene rings is 1. The zero-order valence-corrected chi connectivity index (χ0v) is 8.03. The Morgan fingerprint density at radius 3 is 2.38 bits per heavy atom. The fraction of sp³-hybridized carbons (Fsp3) is 0.500. The molecule has 1 aliphatic rings. The second kappa shape index (κ2) is 3.51. The van der Waals surface area contributed by atoms with Gasteiger partial charge in [-0.05, 0) is 37.7 Å². The van der Waals surface area contributed by atoms with Crippen molar-refractivity contribution in [2.24, 2.45) is 5.92 Å². The lowest BCUT2D eigenvalue weighted by molar-refractivity contribution is 0.0244. The average molecular weight is 176 g/mol. The SMILES string of the molecule is Cc1ccc(CC2CCC2O)cc1. The van der Waals surface area contributed by atoms with Crippen LogP contribution in [0.3, 0.4) is 0 Å². The van der Waals surface area contributed by atoms with E-state index < -0.39 is 0 Å². The van der Waals surface area contributed by atoms with Crippen molar-refractivity contribution in [2.45, 2.75) is 32.3 Å². The van der Waals surface area contributed by atoms with Crippen LogP contribution in [0.5, 0.6) is 0 Å². The van der Waals surface area contributed by atoms with Gasteiger partial charge in [-0.1, -0.05) is 29.8 Å². The molecule has 0 spiro atoms. The third-order valence-corrected chi connectivity index (χ3v) is 3.00. The lowest BCUT2D eigenvalue weighted by Crippen LogP contribution is -2.32. The summed E-state index contributed by atoms with van der Waals surface area (Å²) in [5, 5.41) is 9.42. The van der Waals surface area contributed by atoms with Gasteiger partial charge in [-0.2, -0.15) is 0 Å². The van der Waals surface area contributed by atoms with Crippen LogP contribution in [0.4, 0.5) is 0 Å². The summed E-state index contributed by atoms with van der Waals surface area (Å²) in [7, 11) is 0. The summed E-state index contributed by atoms with van der Waals surface area (Å²) in [6.45, 7) is 2.10. The van der Waals surface area contributed by atoms with E-state index in [1.54, 1.807) is 0 Å². The lowest BCUT2D eigenvalue weighted by atomic mass is 9.78. The summed E-state index contributed by atoms with van der Waals surface area (Å²) in [4.78, 5) is 0. The van der Waals surface area contributed by atoms with Gasteiger partial charge in [-0.25, -0.2) is 0 Å². The third kappa shape index (κ3) is 1.92. The van der Waals surface area contributed by atoms with Crippen molar-refractivity contribution in [3.05, 3.63) is 35.4 Å². The summed E-state index contributed by atoms with van der Waals surface area (Å²) >= 11 is 0. The molecule has 0 bridgehead atoms. The van der Waals surface area contributed by atoms with E-state index in [0.29, 0.717) is 5.92 Å². The van der Waals surface area contributed by atoms with Crippen LogP contribution in [0, 0.1) is 12.8 Å². The largest absolute Gasteiger partial charge is 0.393 e. The van der Waals surface area contributed by atoms with Crippen molar-refractivity contribution in [3.8, 4) is 0 Å². The first kappa shape index (κ1) is 8.76. The van der Waals surface area contributed by atoms with Crippen molar-refractivity contribution < 1.29 is 5.11 Å². The molecule has 1 saturated carbocycles. The summed E-state index contributed by atoms with van der Waals surface area (Å²) in [6.07, 6.45) is 3.19. The second-order valence-corrected chi connectivity index (χ2v) is 4.09. The van der Waals surface area contributed by atoms with Crippen LogP contribution in [0.25, 0.3) is 0 Å². The van der Waals surface area contributed by atoms with Crippen LogP contribution in [0.1, 0.15) is 24.0 Å². The van der Waals surface area contributed by atoms with Crippen LogP contribution in [0.15, 0.2) is 24.3 Å². The molecule has 0 radical (unpaired) electrons. The van der Waals surface area contributed by atoms with Crippen LogP contribution in [-0.2, 0) is 6.42 Å². The van der Waals surface area contributed by atoms with E-state index in [1.807, 2.05) is 0 Å². The molecule has 1 nitrogen and oxygen atoms in total. The number of aryl methyl sites for hydroxylation is 1. The molecule has 1 aromatic rings. The molecule has 2 atom stereocenters. The van der Waals surface area contributed by atoms with Gasteiger partial charge in [-0.3, -0.25) is 0 Å². The first-order valence-electron chi connectivity index (χ1n) is 4.99. The van der Waals surface area contributed by atoms with Gasteiger partial charge in [-0.15, -0.1) is 0 Å². The Morgan fingerprint density at radius 2 is 1.92 bits per heavy atom. The molecule has 0 aromatic heterocycles. The molecular formula is C12H16O. The topological polar surface area (TPSA) is 20.2 Å². The fourth-order valence-corrected chi connectivity index (χ4v) is 1.82. The number of hydrogen-bond donors (Lipinski definition) is 1.